The van der Waals surface area contributed by atoms with E-state index in [1.807, 2.05) is 0 Å². The maximum Gasteiger partial charge on any atom is 0.337 e. The van der Waals surface area contributed by atoms with Gasteiger partial charge in [0, 0.05) is 7.05 Å². The first kappa shape index (κ1) is 15.5. The molecule has 8 nitrogen and oxygen atoms in total. The van der Waals surface area contributed by atoms with Crippen molar-refractivity contribution >= 4 is 23.5 Å². The summed E-state index contributed by atoms with van der Waals surface area (Å²) in [6, 6.07) is 6.86. The Morgan fingerprint density at radius 2 is 1.69 bits per heavy atom. The second kappa shape index (κ2) is 5.14. The lowest BCUT2D eigenvalue weighted by atomic mass is 9.71. The number of hydrogen-bond donors (Lipinski definition) is 0. The van der Waals surface area contributed by atoms with Crippen LogP contribution >= 0.6 is 0 Å². The molecule has 3 fully saturated rings. The van der Waals surface area contributed by atoms with E-state index >= 15 is 0 Å². The number of ether oxygens (including phenoxy) is 2. The minimum Gasteiger partial charge on any atom is -0.465 e. The first-order chi connectivity index (χ1) is 12.5. The van der Waals surface area contributed by atoms with Crippen molar-refractivity contribution < 1.29 is 28.7 Å². The highest BCUT2D eigenvalue weighted by Crippen LogP contribution is 2.54. The highest BCUT2D eigenvalue weighted by atomic mass is 16.7. The average molecular weight is 356 g/mol. The van der Waals surface area contributed by atoms with E-state index in [9.17, 15) is 14.4 Å². The predicted molar refractivity (Wildman–Crippen MR) is 86.1 cm³/mol. The number of likely N-dealkylation sites (tertiary alicyclic amines) is 1. The van der Waals surface area contributed by atoms with Crippen molar-refractivity contribution in [3.05, 3.63) is 35.4 Å². The quantitative estimate of drug-likeness (QED) is 0.555. The van der Waals surface area contributed by atoms with E-state index < -0.39 is 30.0 Å². The molecule has 0 N–H and O–H groups in total. The summed E-state index contributed by atoms with van der Waals surface area (Å²) in [6.45, 7) is 0. The lowest BCUT2D eigenvalue weighted by Gasteiger charge is -2.26. The summed E-state index contributed by atoms with van der Waals surface area (Å²) in [7, 11) is 2.84. The molecule has 6 atom stereocenters. The second-order valence-electron chi connectivity index (χ2n) is 6.99. The van der Waals surface area contributed by atoms with Gasteiger partial charge in [0.1, 0.15) is 6.10 Å². The van der Waals surface area contributed by atoms with E-state index in [1.54, 1.807) is 24.3 Å². The zero-order valence-corrected chi connectivity index (χ0v) is 14.1. The number of benzene rings is 1. The predicted octanol–water partition coefficient (Wildman–Crippen LogP) is 0.204. The number of carbonyl (C=O) groups excluding carboxylic acids is 3. The van der Waals surface area contributed by atoms with Crippen molar-refractivity contribution in [3.63, 3.8) is 0 Å². The molecular formula is C18H16N2O6. The number of imide groups is 1. The molecule has 0 unspecified atom stereocenters. The van der Waals surface area contributed by atoms with Crippen LogP contribution in [-0.4, -0.2) is 60.9 Å². The Morgan fingerprint density at radius 1 is 1.04 bits per heavy atom. The SMILES string of the molecule is COC(=O)c1ccc(C2=NO[C@@H]3[C@H]4O[C@@H]([C@H]23)[C@H]2C(=O)N(C)C(=O)[C@H]42)cc1. The van der Waals surface area contributed by atoms with Gasteiger partial charge < -0.3 is 14.3 Å². The molecule has 0 saturated carbocycles. The molecule has 0 spiro atoms. The normalized spacial score (nSPS) is 36.7. The van der Waals surface area contributed by atoms with Gasteiger partial charge in [-0.1, -0.05) is 17.3 Å². The molecule has 26 heavy (non-hydrogen) atoms. The van der Waals surface area contributed by atoms with Gasteiger partial charge in [-0.25, -0.2) is 4.79 Å². The smallest absolute Gasteiger partial charge is 0.337 e. The molecule has 4 aliphatic rings. The first-order valence-corrected chi connectivity index (χ1v) is 8.42. The number of rotatable bonds is 2. The molecule has 0 aromatic heterocycles. The Hall–Kier alpha value is -2.74. The molecule has 5 rings (SSSR count). The van der Waals surface area contributed by atoms with Crippen molar-refractivity contribution in [2.45, 2.75) is 18.3 Å². The molecule has 1 aromatic rings. The maximum atomic E-state index is 12.5. The summed E-state index contributed by atoms with van der Waals surface area (Å²) in [5, 5.41) is 4.21. The number of amides is 2. The fraction of sp³-hybridized carbons (Fsp3) is 0.444. The number of fused-ring (bicyclic) bond motifs is 8. The van der Waals surface area contributed by atoms with Crippen LogP contribution in [0.3, 0.4) is 0 Å². The van der Waals surface area contributed by atoms with Crippen LogP contribution in [0.4, 0.5) is 0 Å². The van der Waals surface area contributed by atoms with Crippen LogP contribution in [0.25, 0.3) is 0 Å². The summed E-state index contributed by atoms with van der Waals surface area (Å²) in [4.78, 5) is 43.2. The maximum absolute atomic E-state index is 12.5. The van der Waals surface area contributed by atoms with Crippen molar-refractivity contribution in [1.29, 1.82) is 0 Å². The second-order valence-corrected chi connectivity index (χ2v) is 6.99. The zero-order valence-electron chi connectivity index (χ0n) is 14.1. The molecule has 1 aromatic carbocycles. The third kappa shape index (κ3) is 1.77. The van der Waals surface area contributed by atoms with Crippen LogP contribution in [0.1, 0.15) is 15.9 Å². The summed E-state index contributed by atoms with van der Waals surface area (Å²) >= 11 is 0. The number of methoxy groups -OCH3 is 1. The van der Waals surface area contributed by atoms with Gasteiger partial charge in [0.15, 0.2) is 6.10 Å². The first-order valence-electron chi connectivity index (χ1n) is 8.42. The summed E-state index contributed by atoms with van der Waals surface area (Å²) < 4.78 is 10.7. The number of oxime groups is 1. The third-order valence-corrected chi connectivity index (χ3v) is 5.86. The van der Waals surface area contributed by atoms with Crippen LogP contribution < -0.4 is 0 Å². The number of hydrogen-bond acceptors (Lipinski definition) is 7. The fourth-order valence-electron chi connectivity index (χ4n) is 4.64. The third-order valence-electron chi connectivity index (χ3n) is 5.86. The highest BCUT2D eigenvalue weighted by Gasteiger charge is 2.71. The standard InChI is InChI=1S/C18H16N2O6/c1-20-16(21)9-10(17(20)22)14-15-11(13(9)25-14)12(19-26-15)7-3-5-8(6-4-7)18(23)24-2/h3-6,9-11,13-15H,1-2H3/t9-,10-,11-,13+,14-,15-/m0/s1. The fourth-order valence-corrected chi connectivity index (χ4v) is 4.64. The van der Waals surface area contributed by atoms with Crippen molar-refractivity contribution in [2.24, 2.45) is 22.9 Å². The number of nitrogens with zero attached hydrogens (tertiary/aromatic N) is 2. The largest absolute Gasteiger partial charge is 0.465 e. The Bertz CT molecular complexity index is 863. The van der Waals surface area contributed by atoms with Crippen molar-refractivity contribution in [3.8, 4) is 0 Å². The molecule has 8 heteroatoms. The van der Waals surface area contributed by atoms with E-state index in [1.165, 1.54) is 19.1 Å². The molecule has 3 saturated heterocycles. The zero-order chi connectivity index (χ0) is 18.2. The molecule has 2 amide bonds. The lowest BCUT2D eigenvalue weighted by Crippen LogP contribution is -2.45. The van der Waals surface area contributed by atoms with E-state index in [-0.39, 0.29) is 23.8 Å². The van der Waals surface area contributed by atoms with Crippen LogP contribution in [-0.2, 0) is 23.9 Å². The van der Waals surface area contributed by atoms with Crippen molar-refractivity contribution in [1.82, 2.24) is 4.90 Å². The lowest BCUT2D eigenvalue weighted by molar-refractivity contribution is -0.141. The van der Waals surface area contributed by atoms with E-state index in [0.717, 1.165) is 5.56 Å². The minimum absolute atomic E-state index is 0.196. The summed E-state index contributed by atoms with van der Waals surface area (Å²) in [5.41, 5.74) is 1.92. The van der Waals surface area contributed by atoms with Crippen LogP contribution in [0.5, 0.6) is 0 Å². The van der Waals surface area contributed by atoms with Gasteiger partial charge >= 0.3 is 5.97 Å². The van der Waals surface area contributed by atoms with Gasteiger partial charge in [-0.05, 0) is 17.7 Å². The van der Waals surface area contributed by atoms with Gasteiger partial charge in [-0.15, -0.1) is 0 Å². The number of esters is 1. The van der Waals surface area contributed by atoms with Gasteiger partial charge in [-0.2, -0.15) is 0 Å². The van der Waals surface area contributed by atoms with Gasteiger partial charge in [0.25, 0.3) is 0 Å². The monoisotopic (exact) mass is 356 g/mol. The molecule has 4 heterocycles. The Kier molecular flexibility index (Phi) is 3.06. The van der Waals surface area contributed by atoms with Crippen LogP contribution in [0.15, 0.2) is 29.4 Å². The molecule has 4 aliphatic heterocycles. The minimum atomic E-state index is -0.477. The van der Waals surface area contributed by atoms with Gasteiger partial charge in [0.05, 0.1) is 42.2 Å². The van der Waals surface area contributed by atoms with E-state index in [4.69, 9.17) is 14.3 Å². The summed E-state index contributed by atoms with van der Waals surface area (Å²) in [5.74, 6) is -1.96. The number of carbonyl (C=O) groups is 3. The topological polar surface area (TPSA) is 94.5 Å². The van der Waals surface area contributed by atoms with Crippen molar-refractivity contribution in [2.75, 3.05) is 14.2 Å². The Labute approximate surface area is 148 Å². The Morgan fingerprint density at radius 3 is 2.35 bits per heavy atom. The highest BCUT2D eigenvalue weighted by molar-refractivity contribution is 6.09. The average Bonchev–Trinajstić information content (AvgIpc) is 3.39. The summed E-state index contributed by atoms with van der Waals surface area (Å²) in [6.07, 6.45) is -1.23. The van der Waals surface area contributed by atoms with Crippen LogP contribution in [0, 0.1) is 17.8 Å². The molecule has 0 aliphatic carbocycles. The van der Waals surface area contributed by atoms with E-state index in [0.29, 0.717) is 11.3 Å². The van der Waals surface area contributed by atoms with Gasteiger partial charge in [-0.3, -0.25) is 14.5 Å². The van der Waals surface area contributed by atoms with Gasteiger partial charge in [0.2, 0.25) is 11.8 Å². The molecule has 134 valence electrons. The molecule has 2 bridgehead atoms. The van der Waals surface area contributed by atoms with Crippen LogP contribution in [0.2, 0.25) is 0 Å². The molecular weight excluding hydrogens is 340 g/mol. The van der Waals surface area contributed by atoms with E-state index in [2.05, 4.69) is 5.16 Å². The Balaban J connectivity index is 1.46. The molecule has 0 radical (unpaired) electrons.